The maximum Gasteiger partial charge on any atom is 0.191 e. The molecule has 2 aromatic carbocycles. The smallest absolute Gasteiger partial charge is 0.191 e. The van der Waals surface area contributed by atoms with Crippen LogP contribution in [0.2, 0.25) is 0 Å². The summed E-state index contributed by atoms with van der Waals surface area (Å²) in [6, 6.07) is 19.4. The fourth-order valence-corrected chi connectivity index (χ4v) is 3.69. The Labute approximate surface area is 192 Å². The second-order valence-electron chi connectivity index (χ2n) is 7.24. The molecule has 1 saturated heterocycles. The van der Waals surface area contributed by atoms with Crippen molar-refractivity contribution < 1.29 is 4.74 Å². The highest BCUT2D eigenvalue weighted by atomic mass is 127. The Bertz CT molecular complexity index is 746. The fraction of sp³-hybridized carbons (Fsp3) is 0.435. The minimum atomic E-state index is 0. The van der Waals surface area contributed by atoms with Gasteiger partial charge in [0.25, 0.3) is 0 Å². The van der Waals surface area contributed by atoms with Crippen molar-refractivity contribution in [3.05, 3.63) is 65.7 Å². The standard InChI is InChI=1S/C23H32N4O.HI/c1-24-23(25-15-12-20-10-6-7-11-22(20)28-2)26-21-13-16-27(17-14-21)18-19-8-4-3-5-9-19;/h3-11,21H,12-18H2,1-2H3,(H2,24,25,26);1H. The van der Waals surface area contributed by atoms with Crippen LogP contribution in [0.15, 0.2) is 59.6 Å². The van der Waals surface area contributed by atoms with Gasteiger partial charge >= 0.3 is 0 Å². The number of hydrogen-bond acceptors (Lipinski definition) is 3. The molecule has 0 saturated carbocycles. The third-order valence-electron chi connectivity index (χ3n) is 5.28. The molecule has 0 amide bonds. The van der Waals surface area contributed by atoms with E-state index in [4.69, 9.17) is 4.74 Å². The van der Waals surface area contributed by atoms with Crippen LogP contribution in [0.3, 0.4) is 0 Å². The topological polar surface area (TPSA) is 48.9 Å². The van der Waals surface area contributed by atoms with Crippen molar-refractivity contribution in [1.82, 2.24) is 15.5 Å². The molecular formula is C23H33IN4O. The van der Waals surface area contributed by atoms with Gasteiger partial charge in [-0.1, -0.05) is 48.5 Å². The summed E-state index contributed by atoms with van der Waals surface area (Å²) in [7, 11) is 3.56. The Balaban J connectivity index is 0.00000300. The number of halogens is 1. The lowest BCUT2D eigenvalue weighted by molar-refractivity contribution is 0.198. The highest BCUT2D eigenvalue weighted by Gasteiger charge is 2.20. The van der Waals surface area contributed by atoms with Crippen LogP contribution >= 0.6 is 24.0 Å². The second-order valence-corrected chi connectivity index (χ2v) is 7.24. The SMILES string of the molecule is CN=C(NCCc1ccccc1OC)NC1CCN(Cc2ccccc2)CC1.I. The Morgan fingerprint density at radius 1 is 1.07 bits per heavy atom. The van der Waals surface area contributed by atoms with Gasteiger partial charge in [-0.3, -0.25) is 9.89 Å². The van der Waals surface area contributed by atoms with Crippen LogP contribution in [0.5, 0.6) is 5.75 Å². The molecule has 0 atom stereocenters. The lowest BCUT2D eigenvalue weighted by Gasteiger charge is -2.33. The molecule has 2 N–H and O–H groups in total. The van der Waals surface area contributed by atoms with E-state index in [1.165, 1.54) is 11.1 Å². The number of benzene rings is 2. The van der Waals surface area contributed by atoms with Crippen molar-refractivity contribution in [1.29, 1.82) is 0 Å². The predicted molar refractivity (Wildman–Crippen MR) is 131 cm³/mol. The van der Waals surface area contributed by atoms with Crippen molar-refractivity contribution in [3.8, 4) is 5.75 Å². The van der Waals surface area contributed by atoms with Gasteiger partial charge in [0.15, 0.2) is 5.96 Å². The molecule has 0 bridgehead atoms. The van der Waals surface area contributed by atoms with Gasteiger partial charge in [-0.05, 0) is 36.5 Å². The molecule has 1 heterocycles. The number of nitrogens with one attached hydrogen (secondary N) is 2. The quantitative estimate of drug-likeness (QED) is 0.341. The largest absolute Gasteiger partial charge is 0.496 e. The molecule has 0 aromatic heterocycles. The summed E-state index contributed by atoms with van der Waals surface area (Å²) in [4.78, 5) is 6.93. The number of aliphatic imine (C=N–C) groups is 1. The highest BCUT2D eigenvalue weighted by molar-refractivity contribution is 14.0. The Morgan fingerprint density at radius 3 is 2.45 bits per heavy atom. The number of methoxy groups -OCH3 is 1. The summed E-state index contributed by atoms with van der Waals surface area (Å²) in [5.74, 6) is 1.83. The van der Waals surface area contributed by atoms with E-state index in [-0.39, 0.29) is 24.0 Å². The number of piperidine rings is 1. The van der Waals surface area contributed by atoms with Gasteiger partial charge in [0.2, 0.25) is 0 Å². The van der Waals surface area contributed by atoms with Gasteiger partial charge in [-0.15, -0.1) is 24.0 Å². The van der Waals surface area contributed by atoms with E-state index in [9.17, 15) is 0 Å². The van der Waals surface area contributed by atoms with Crippen LogP contribution in [0, 0.1) is 0 Å². The molecule has 2 aromatic rings. The first kappa shape index (κ1) is 23.5. The van der Waals surface area contributed by atoms with E-state index in [1.54, 1.807) is 7.11 Å². The molecule has 0 radical (unpaired) electrons. The number of rotatable bonds is 7. The van der Waals surface area contributed by atoms with Crippen LogP contribution in [-0.2, 0) is 13.0 Å². The first-order valence-electron chi connectivity index (χ1n) is 10.1. The Hall–Kier alpha value is -1.80. The molecule has 6 heteroatoms. The molecule has 0 aliphatic carbocycles. The molecule has 3 rings (SSSR count). The van der Waals surface area contributed by atoms with Gasteiger partial charge in [-0.2, -0.15) is 0 Å². The van der Waals surface area contributed by atoms with Crippen molar-refractivity contribution in [2.45, 2.75) is 31.8 Å². The van der Waals surface area contributed by atoms with Gasteiger partial charge < -0.3 is 15.4 Å². The summed E-state index contributed by atoms with van der Waals surface area (Å²) in [6.07, 6.45) is 3.18. The maximum atomic E-state index is 5.43. The normalized spacial score (nSPS) is 15.4. The molecule has 5 nitrogen and oxygen atoms in total. The molecular weight excluding hydrogens is 475 g/mol. The number of likely N-dealkylation sites (tertiary alicyclic amines) is 1. The van der Waals surface area contributed by atoms with Crippen LogP contribution in [-0.4, -0.2) is 50.7 Å². The van der Waals surface area contributed by atoms with E-state index in [0.717, 1.165) is 57.2 Å². The maximum absolute atomic E-state index is 5.43. The molecule has 1 aliphatic rings. The zero-order valence-corrected chi connectivity index (χ0v) is 19.8. The van der Waals surface area contributed by atoms with Crippen LogP contribution in [0.1, 0.15) is 24.0 Å². The highest BCUT2D eigenvalue weighted by Crippen LogP contribution is 2.17. The average Bonchev–Trinajstić information content (AvgIpc) is 2.75. The fourth-order valence-electron chi connectivity index (χ4n) is 3.69. The summed E-state index contributed by atoms with van der Waals surface area (Å²) in [5.41, 5.74) is 2.60. The first-order chi connectivity index (χ1) is 13.8. The molecule has 158 valence electrons. The van der Waals surface area contributed by atoms with Crippen LogP contribution in [0.4, 0.5) is 0 Å². The Kier molecular flexibility index (Phi) is 10.3. The lowest BCUT2D eigenvalue weighted by Crippen LogP contribution is -2.48. The lowest BCUT2D eigenvalue weighted by atomic mass is 10.0. The number of hydrogen-bond donors (Lipinski definition) is 2. The minimum absolute atomic E-state index is 0. The van der Waals surface area contributed by atoms with E-state index >= 15 is 0 Å². The van der Waals surface area contributed by atoms with Gasteiger partial charge in [0.05, 0.1) is 7.11 Å². The number of para-hydroxylation sites is 1. The Morgan fingerprint density at radius 2 is 1.76 bits per heavy atom. The summed E-state index contributed by atoms with van der Waals surface area (Å²) >= 11 is 0. The predicted octanol–water partition coefficient (Wildman–Crippen LogP) is 3.69. The van der Waals surface area contributed by atoms with Gasteiger partial charge in [-0.25, -0.2) is 0 Å². The van der Waals surface area contributed by atoms with Crippen molar-refractivity contribution in [2.24, 2.45) is 4.99 Å². The van der Waals surface area contributed by atoms with Crippen molar-refractivity contribution in [2.75, 3.05) is 33.8 Å². The third-order valence-corrected chi connectivity index (χ3v) is 5.28. The van der Waals surface area contributed by atoms with Gasteiger partial charge in [0, 0.05) is 39.3 Å². The summed E-state index contributed by atoms with van der Waals surface area (Å²) in [6.45, 7) is 4.10. The average molecular weight is 508 g/mol. The van der Waals surface area contributed by atoms with Gasteiger partial charge in [0.1, 0.15) is 5.75 Å². The van der Waals surface area contributed by atoms with Crippen LogP contribution < -0.4 is 15.4 Å². The molecule has 0 spiro atoms. The minimum Gasteiger partial charge on any atom is -0.496 e. The molecule has 0 unspecified atom stereocenters. The molecule has 1 fully saturated rings. The monoisotopic (exact) mass is 508 g/mol. The van der Waals surface area contributed by atoms with E-state index in [2.05, 4.69) is 56.9 Å². The van der Waals surface area contributed by atoms with E-state index < -0.39 is 0 Å². The first-order valence-corrected chi connectivity index (χ1v) is 10.1. The number of guanidine groups is 1. The summed E-state index contributed by atoms with van der Waals surface area (Å²) < 4.78 is 5.43. The number of ether oxygens (including phenoxy) is 1. The second kappa shape index (κ2) is 12.7. The molecule has 1 aliphatic heterocycles. The van der Waals surface area contributed by atoms with E-state index in [1.807, 2.05) is 25.2 Å². The number of nitrogens with zero attached hydrogens (tertiary/aromatic N) is 2. The van der Waals surface area contributed by atoms with E-state index in [0.29, 0.717) is 6.04 Å². The van der Waals surface area contributed by atoms with Crippen molar-refractivity contribution >= 4 is 29.9 Å². The van der Waals surface area contributed by atoms with Crippen molar-refractivity contribution in [3.63, 3.8) is 0 Å². The summed E-state index contributed by atoms with van der Waals surface area (Å²) in [5, 5.41) is 7.02. The zero-order valence-electron chi connectivity index (χ0n) is 17.4. The third kappa shape index (κ3) is 7.51. The molecule has 29 heavy (non-hydrogen) atoms. The van der Waals surface area contributed by atoms with Crippen LogP contribution in [0.25, 0.3) is 0 Å². The zero-order chi connectivity index (χ0) is 19.6.